The van der Waals surface area contributed by atoms with E-state index in [9.17, 15) is 14.7 Å². The molecule has 9 heteroatoms. The van der Waals surface area contributed by atoms with Crippen LogP contribution in [0.5, 0.6) is 0 Å². The number of benzene rings is 2. The van der Waals surface area contributed by atoms with Gasteiger partial charge >= 0.3 is 6.09 Å². The summed E-state index contributed by atoms with van der Waals surface area (Å²) >= 11 is 0. The number of halogens is 1. The van der Waals surface area contributed by atoms with Crippen LogP contribution in [0.4, 0.5) is 9.18 Å². The molecular formula is C31H42FN3O5. The monoisotopic (exact) mass is 555 g/mol. The van der Waals surface area contributed by atoms with E-state index in [1.165, 1.54) is 13.2 Å². The Kier molecular flexibility index (Phi) is 10.5. The van der Waals surface area contributed by atoms with Gasteiger partial charge < -0.3 is 30.1 Å². The smallest absolute Gasteiger partial charge is 0.406 e. The van der Waals surface area contributed by atoms with Crippen molar-refractivity contribution >= 4 is 12.0 Å². The van der Waals surface area contributed by atoms with Crippen LogP contribution in [0.25, 0.3) is 11.1 Å². The molecule has 2 amide bonds. The quantitative estimate of drug-likeness (QED) is 0.384. The second-order valence-electron chi connectivity index (χ2n) is 10.7. The third-order valence-electron chi connectivity index (χ3n) is 8.15. The highest BCUT2D eigenvalue weighted by Gasteiger charge is 2.43. The van der Waals surface area contributed by atoms with Crippen LogP contribution in [0, 0.1) is 11.7 Å². The van der Waals surface area contributed by atoms with Gasteiger partial charge in [0.15, 0.2) is 0 Å². The minimum Gasteiger partial charge on any atom is -0.453 e. The van der Waals surface area contributed by atoms with E-state index < -0.39 is 17.5 Å². The van der Waals surface area contributed by atoms with Gasteiger partial charge in [-0.3, -0.25) is 4.79 Å². The maximum absolute atomic E-state index is 15.6. The van der Waals surface area contributed by atoms with Crippen LogP contribution >= 0.6 is 0 Å². The van der Waals surface area contributed by atoms with E-state index in [1.807, 2.05) is 36.1 Å². The number of aliphatic hydroxyl groups is 1. The van der Waals surface area contributed by atoms with Gasteiger partial charge in [-0.05, 0) is 54.9 Å². The third-order valence-corrected chi connectivity index (χ3v) is 8.15. The molecule has 0 saturated carbocycles. The molecule has 4 rings (SSSR count). The molecule has 0 bridgehead atoms. The summed E-state index contributed by atoms with van der Waals surface area (Å²) in [5.41, 5.74) is 1.25. The van der Waals surface area contributed by atoms with Gasteiger partial charge in [0.05, 0.1) is 31.8 Å². The number of piperidine rings is 1. The fourth-order valence-corrected chi connectivity index (χ4v) is 5.97. The number of hydrogen-bond acceptors (Lipinski definition) is 6. The first-order valence-corrected chi connectivity index (χ1v) is 14.4. The van der Waals surface area contributed by atoms with E-state index in [0.717, 1.165) is 24.9 Å². The summed E-state index contributed by atoms with van der Waals surface area (Å²) in [7, 11) is 1.30. The van der Waals surface area contributed by atoms with E-state index in [1.54, 1.807) is 12.1 Å². The molecular weight excluding hydrogens is 513 g/mol. The lowest BCUT2D eigenvalue weighted by Gasteiger charge is -2.44. The molecule has 0 aliphatic carbocycles. The molecule has 0 spiro atoms. The van der Waals surface area contributed by atoms with Crippen molar-refractivity contribution in [3.63, 3.8) is 0 Å². The number of amides is 2. The predicted molar refractivity (Wildman–Crippen MR) is 151 cm³/mol. The van der Waals surface area contributed by atoms with Gasteiger partial charge in [0.25, 0.3) is 0 Å². The van der Waals surface area contributed by atoms with Crippen LogP contribution in [0.1, 0.15) is 50.2 Å². The number of carbonyl (C=O) groups is 2. The molecule has 218 valence electrons. The molecule has 2 aliphatic heterocycles. The lowest BCUT2D eigenvalue weighted by molar-refractivity contribution is -0.140. The van der Waals surface area contributed by atoms with E-state index in [0.29, 0.717) is 62.3 Å². The van der Waals surface area contributed by atoms with Gasteiger partial charge in [0.2, 0.25) is 5.91 Å². The van der Waals surface area contributed by atoms with E-state index in [4.69, 9.17) is 4.74 Å². The summed E-state index contributed by atoms with van der Waals surface area (Å²) < 4.78 is 26.0. The summed E-state index contributed by atoms with van der Waals surface area (Å²) in [5, 5.41) is 18.5. The highest BCUT2D eigenvalue weighted by Crippen LogP contribution is 2.44. The first-order chi connectivity index (χ1) is 19.4. The topological polar surface area (TPSA) is 100 Å². The number of morpholine rings is 1. The van der Waals surface area contributed by atoms with Crippen LogP contribution < -0.4 is 10.6 Å². The number of likely N-dealkylation sites (tertiary alicyclic amines) is 1. The summed E-state index contributed by atoms with van der Waals surface area (Å²) in [6, 6.07) is 12.6. The van der Waals surface area contributed by atoms with Crippen molar-refractivity contribution in [2.24, 2.45) is 5.92 Å². The average molecular weight is 556 g/mol. The minimum absolute atomic E-state index is 0.00298. The number of hydrogen-bond donors (Lipinski definition) is 3. The highest BCUT2D eigenvalue weighted by atomic mass is 19.1. The van der Waals surface area contributed by atoms with E-state index in [2.05, 4.69) is 15.4 Å². The Labute approximate surface area is 236 Å². The molecule has 2 heterocycles. The van der Waals surface area contributed by atoms with Crippen molar-refractivity contribution in [1.82, 2.24) is 15.5 Å². The molecule has 3 atom stereocenters. The summed E-state index contributed by atoms with van der Waals surface area (Å²) in [4.78, 5) is 26.7. The maximum Gasteiger partial charge on any atom is 0.406 e. The molecule has 2 fully saturated rings. The Morgan fingerprint density at radius 1 is 1.27 bits per heavy atom. The molecule has 2 aromatic rings. The van der Waals surface area contributed by atoms with Crippen molar-refractivity contribution in [3.05, 3.63) is 59.4 Å². The second kappa shape index (κ2) is 14.1. The zero-order valence-electron chi connectivity index (χ0n) is 23.6. The van der Waals surface area contributed by atoms with Gasteiger partial charge in [0.1, 0.15) is 5.82 Å². The fraction of sp³-hybridized carbons (Fsp3) is 0.548. The molecule has 0 radical (unpaired) electrons. The first-order valence-electron chi connectivity index (χ1n) is 14.4. The van der Waals surface area contributed by atoms with Crippen LogP contribution in [0.15, 0.2) is 42.5 Å². The molecule has 8 nitrogen and oxygen atoms in total. The van der Waals surface area contributed by atoms with Crippen molar-refractivity contribution in [3.8, 4) is 11.1 Å². The third kappa shape index (κ3) is 7.19. The van der Waals surface area contributed by atoms with Gasteiger partial charge in [-0.25, -0.2) is 9.18 Å². The highest BCUT2D eigenvalue weighted by molar-refractivity contribution is 5.77. The second-order valence-corrected chi connectivity index (χ2v) is 10.7. The van der Waals surface area contributed by atoms with Crippen molar-refractivity contribution in [2.75, 3.05) is 46.4 Å². The number of rotatable bonds is 10. The number of ether oxygens (including phenoxy) is 2. The summed E-state index contributed by atoms with van der Waals surface area (Å²) in [6.45, 7) is 5.34. The van der Waals surface area contributed by atoms with Crippen LogP contribution in [0.3, 0.4) is 0 Å². The molecule has 2 aromatic carbocycles. The number of methoxy groups -OCH3 is 1. The van der Waals surface area contributed by atoms with Crippen molar-refractivity contribution < 1.29 is 28.6 Å². The Bertz CT molecular complexity index is 1160. The number of alkyl carbamates (subject to hydrolysis) is 1. The Morgan fingerprint density at radius 2 is 2.10 bits per heavy atom. The molecule has 1 unspecified atom stereocenters. The average Bonchev–Trinajstić information content (AvgIpc) is 2.99. The molecule has 2 aliphatic rings. The number of nitrogens with one attached hydrogen (secondary N) is 2. The summed E-state index contributed by atoms with van der Waals surface area (Å²) in [5.74, 6) is -0.714. The predicted octanol–water partition coefficient (Wildman–Crippen LogP) is 4.00. The number of aryl methyl sites for hydroxylation is 1. The Hall–Kier alpha value is -3.01. The Morgan fingerprint density at radius 3 is 2.85 bits per heavy atom. The van der Waals surface area contributed by atoms with Crippen molar-refractivity contribution in [1.29, 1.82) is 0 Å². The fourth-order valence-electron chi connectivity index (χ4n) is 5.97. The number of nitrogens with zero attached hydrogens (tertiary/aromatic N) is 1. The van der Waals surface area contributed by atoms with Crippen LogP contribution in [-0.2, 0) is 26.3 Å². The Balaban J connectivity index is 1.65. The van der Waals surface area contributed by atoms with Gasteiger partial charge in [-0.1, -0.05) is 43.3 Å². The molecule has 3 N–H and O–H groups in total. The lowest BCUT2D eigenvalue weighted by Crippen LogP contribution is -2.50. The zero-order valence-corrected chi connectivity index (χ0v) is 23.6. The molecule has 40 heavy (non-hydrogen) atoms. The van der Waals surface area contributed by atoms with Crippen LogP contribution in [-0.4, -0.2) is 74.6 Å². The lowest BCUT2D eigenvalue weighted by atomic mass is 9.72. The van der Waals surface area contributed by atoms with E-state index >= 15 is 4.39 Å². The largest absolute Gasteiger partial charge is 0.453 e. The standard InChI is InChI=1S/C31H42FN3O5/c1-3-22-8-4-9-23(18-22)29-26(11-5-12-27(29)32)31(38,13-7-14-34-30(37)39-2)24-10-6-16-35(21-24)28(36)19-25-20-33-15-17-40-25/h4-5,8-9,11-12,18,24-25,33,38H,3,6-7,10,13-17,19-21H2,1-2H3,(H,34,37)/t24-,25?,31+/m1/s1. The molecule has 0 aromatic heterocycles. The van der Waals surface area contributed by atoms with Gasteiger partial charge in [0, 0.05) is 44.2 Å². The normalized spacial score (nSPS) is 20.9. The molecule has 2 saturated heterocycles. The van der Waals surface area contributed by atoms with E-state index in [-0.39, 0.29) is 30.8 Å². The zero-order chi connectivity index (χ0) is 28.5. The SMILES string of the molecule is CCc1cccc(-c2c(F)cccc2[C@](O)(CCCNC(=O)OC)[C@@H]2CCCN(C(=O)CC3CNCCO3)C2)c1. The first kappa shape index (κ1) is 30.0. The van der Waals surface area contributed by atoms with Gasteiger partial charge in [-0.2, -0.15) is 0 Å². The maximum atomic E-state index is 15.6. The number of carbonyl (C=O) groups excluding carboxylic acids is 2. The van der Waals surface area contributed by atoms with Crippen LogP contribution in [0.2, 0.25) is 0 Å². The van der Waals surface area contributed by atoms with Gasteiger partial charge in [-0.15, -0.1) is 0 Å². The minimum atomic E-state index is -1.43. The summed E-state index contributed by atoms with van der Waals surface area (Å²) in [6.07, 6.45) is 2.55. The van der Waals surface area contributed by atoms with Crippen molar-refractivity contribution in [2.45, 2.75) is 57.2 Å².